The Bertz CT molecular complexity index is 579. The Morgan fingerprint density at radius 1 is 1.05 bits per heavy atom. The summed E-state index contributed by atoms with van der Waals surface area (Å²) in [5, 5.41) is 0. The van der Waals surface area contributed by atoms with E-state index in [2.05, 4.69) is 0 Å². The second-order valence-electron chi connectivity index (χ2n) is 5.91. The summed E-state index contributed by atoms with van der Waals surface area (Å²) in [5.74, 6) is 0.539. The third-order valence-corrected chi connectivity index (χ3v) is 6.70. The summed E-state index contributed by atoms with van der Waals surface area (Å²) >= 11 is 0. The lowest BCUT2D eigenvalue weighted by atomic mass is 9.97. The summed E-state index contributed by atoms with van der Waals surface area (Å²) in [6, 6.07) is 6.97. The molecule has 110 valence electrons. The van der Waals surface area contributed by atoms with Crippen molar-refractivity contribution in [2.45, 2.75) is 49.5 Å². The van der Waals surface area contributed by atoms with E-state index >= 15 is 0 Å². The molecule has 2 fully saturated rings. The molecule has 1 saturated carbocycles. The number of nitrogen functional groups attached to an aromatic ring is 1. The van der Waals surface area contributed by atoms with E-state index in [1.165, 1.54) is 25.7 Å². The standard InChI is InChI=1S/C15H22N2O2S/c16-13-8-3-4-10-15(13)20(18,19)17-11-5-9-14(17)12-6-1-2-7-12/h3-4,8,10,12,14H,1-2,5-7,9,11,16H2. The van der Waals surface area contributed by atoms with Crippen molar-refractivity contribution in [2.24, 2.45) is 5.92 Å². The van der Waals surface area contributed by atoms with E-state index in [0.717, 1.165) is 12.8 Å². The van der Waals surface area contributed by atoms with Crippen LogP contribution < -0.4 is 5.73 Å². The number of nitrogens with two attached hydrogens (primary N) is 1. The van der Waals surface area contributed by atoms with Gasteiger partial charge in [-0.15, -0.1) is 0 Å². The van der Waals surface area contributed by atoms with Crippen LogP contribution in [0.2, 0.25) is 0 Å². The highest BCUT2D eigenvalue weighted by molar-refractivity contribution is 7.89. The average Bonchev–Trinajstić information content (AvgIpc) is 3.10. The Morgan fingerprint density at radius 3 is 2.45 bits per heavy atom. The number of anilines is 1. The van der Waals surface area contributed by atoms with Gasteiger partial charge < -0.3 is 5.73 Å². The average molecular weight is 294 g/mol. The van der Waals surface area contributed by atoms with Gasteiger partial charge in [-0.05, 0) is 43.7 Å². The Hall–Kier alpha value is -1.07. The second-order valence-corrected chi connectivity index (χ2v) is 7.77. The lowest BCUT2D eigenvalue weighted by Crippen LogP contribution is -2.39. The zero-order valence-corrected chi connectivity index (χ0v) is 12.5. The summed E-state index contributed by atoms with van der Waals surface area (Å²) < 4.78 is 27.5. The smallest absolute Gasteiger partial charge is 0.245 e. The molecule has 4 nitrogen and oxygen atoms in total. The van der Waals surface area contributed by atoms with E-state index < -0.39 is 10.0 Å². The van der Waals surface area contributed by atoms with Crippen LogP contribution in [0.5, 0.6) is 0 Å². The molecule has 1 saturated heterocycles. The van der Waals surface area contributed by atoms with Crippen molar-refractivity contribution in [3.63, 3.8) is 0 Å². The van der Waals surface area contributed by atoms with Gasteiger partial charge in [-0.1, -0.05) is 25.0 Å². The number of sulfonamides is 1. The van der Waals surface area contributed by atoms with Gasteiger partial charge in [-0.25, -0.2) is 8.42 Å². The van der Waals surface area contributed by atoms with Gasteiger partial charge in [0.15, 0.2) is 0 Å². The molecule has 1 aromatic rings. The predicted octanol–water partition coefficient (Wildman–Crippen LogP) is 2.61. The molecular weight excluding hydrogens is 272 g/mol. The number of nitrogens with zero attached hydrogens (tertiary/aromatic N) is 1. The zero-order valence-electron chi connectivity index (χ0n) is 11.7. The van der Waals surface area contributed by atoms with E-state index in [1.54, 1.807) is 28.6 Å². The normalized spacial score (nSPS) is 25.3. The third-order valence-electron chi connectivity index (χ3n) is 4.70. The van der Waals surface area contributed by atoms with Crippen LogP contribution in [0, 0.1) is 5.92 Å². The molecule has 1 unspecified atom stereocenters. The van der Waals surface area contributed by atoms with Gasteiger partial charge in [0.2, 0.25) is 10.0 Å². The van der Waals surface area contributed by atoms with Crippen LogP contribution in [0.4, 0.5) is 5.69 Å². The van der Waals surface area contributed by atoms with E-state index in [1.807, 2.05) is 0 Å². The number of rotatable bonds is 3. The van der Waals surface area contributed by atoms with Crippen molar-refractivity contribution in [3.05, 3.63) is 24.3 Å². The molecule has 0 bridgehead atoms. The minimum atomic E-state index is -3.45. The maximum Gasteiger partial charge on any atom is 0.245 e. The summed E-state index contributed by atoms with van der Waals surface area (Å²) in [5.41, 5.74) is 6.22. The molecule has 5 heteroatoms. The number of para-hydroxylation sites is 1. The topological polar surface area (TPSA) is 63.4 Å². The molecule has 0 radical (unpaired) electrons. The highest BCUT2D eigenvalue weighted by Crippen LogP contribution is 2.38. The Balaban J connectivity index is 1.92. The molecule has 1 aliphatic carbocycles. The minimum absolute atomic E-state index is 0.183. The van der Waals surface area contributed by atoms with Gasteiger partial charge in [0.25, 0.3) is 0 Å². The molecular formula is C15H22N2O2S. The third kappa shape index (κ3) is 2.33. The molecule has 0 aromatic heterocycles. The maximum absolute atomic E-state index is 12.9. The van der Waals surface area contributed by atoms with Gasteiger partial charge in [-0.2, -0.15) is 4.31 Å². The minimum Gasteiger partial charge on any atom is -0.398 e. The first-order valence-electron chi connectivity index (χ1n) is 7.47. The molecule has 0 spiro atoms. The predicted molar refractivity (Wildman–Crippen MR) is 79.7 cm³/mol. The van der Waals surface area contributed by atoms with Crippen molar-refractivity contribution in [1.29, 1.82) is 0 Å². The summed E-state index contributed by atoms with van der Waals surface area (Å²) in [6.07, 6.45) is 6.77. The first-order valence-corrected chi connectivity index (χ1v) is 8.91. The molecule has 0 amide bonds. The Labute approximate surface area is 121 Å². The number of hydrogen-bond acceptors (Lipinski definition) is 3. The van der Waals surface area contributed by atoms with E-state index in [-0.39, 0.29) is 10.9 Å². The second kappa shape index (κ2) is 5.37. The van der Waals surface area contributed by atoms with E-state index in [9.17, 15) is 8.42 Å². The van der Waals surface area contributed by atoms with Gasteiger partial charge >= 0.3 is 0 Å². The van der Waals surface area contributed by atoms with Crippen LogP contribution in [0.3, 0.4) is 0 Å². The van der Waals surface area contributed by atoms with Crippen LogP contribution in [0.25, 0.3) is 0 Å². The highest BCUT2D eigenvalue weighted by atomic mass is 32.2. The molecule has 20 heavy (non-hydrogen) atoms. The quantitative estimate of drug-likeness (QED) is 0.872. The van der Waals surface area contributed by atoms with Crippen molar-refractivity contribution in [2.75, 3.05) is 12.3 Å². The van der Waals surface area contributed by atoms with Crippen molar-refractivity contribution >= 4 is 15.7 Å². The van der Waals surface area contributed by atoms with Gasteiger partial charge in [0, 0.05) is 12.6 Å². The van der Waals surface area contributed by atoms with Gasteiger partial charge in [0.1, 0.15) is 4.90 Å². The molecule has 1 aliphatic heterocycles. The molecule has 1 atom stereocenters. The number of benzene rings is 1. The summed E-state index contributed by atoms with van der Waals surface area (Å²) in [6.45, 7) is 0.637. The molecule has 2 N–H and O–H groups in total. The Morgan fingerprint density at radius 2 is 1.75 bits per heavy atom. The molecule has 1 heterocycles. The van der Waals surface area contributed by atoms with Crippen LogP contribution in [0.15, 0.2) is 29.2 Å². The lowest BCUT2D eigenvalue weighted by molar-refractivity contribution is 0.288. The van der Waals surface area contributed by atoms with E-state index in [4.69, 9.17) is 5.73 Å². The van der Waals surface area contributed by atoms with E-state index in [0.29, 0.717) is 18.2 Å². The SMILES string of the molecule is Nc1ccccc1S(=O)(=O)N1CCCC1C1CCCC1. The van der Waals surface area contributed by atoms with Crippen LogP contribution >= 0.6 is 0 Å². The van der Waals surface area contributed by atoms with Crippen molar-refractivity contribution < 1.29 is 8.42 Å². The molecule has 2 aliphatic rings. The molecule has 3 rings (SSSR count). The zero-order chi connectivity index (χ0) is 14.2. The lowest BCUT2D eigenvalue weighted by Gasteiger charge is -2.29. The van der Waals surface area contributed by atoms with Crippen molar-refractivity contribution in [1.82, 2.24) is 4.31 Å². The van der Waals surface area contributed by atoms with Crippen LogP contribution in [-0.4, -0.2) is 25.3 Å². The fourth-order valence-corrected chi connectivity index (χ4v) is 5.59. The monoisotopic (exact) mass is 294 g/mol. The summed E-state index contributed by atoms with van der Waals surface area (Å²) in [4.78, 5) is 0.268. The largest absolute Gasteiger partial charge is 0.398 e. The van der Waals surface area contributed by atoms with Gasteiger partial charge in [-0.3, -0.25) is 0 Å². The number of hydrogen-bond donors (Lipinski definition) is 1. The van der Waals surface area contributed by atoms with Crippen LogP contribution in [-0.2, 0) is 10.0 Å². The van der Waals surface area contributed by atoms with Crippen LogP contribution in [0.1, 0.15) is 38.5 Å². The fraction of sp³-hybridized carbons (Fsp3) is 0.600. The first kappa shape index (κ1) is 13.9. The Kier molecular flexibility index (Phi) is 3.73. The highest BCUT2D eigenvalue weighted by Gasteiger charge is 2.40. The van der Waals surface area contributed by atoms with Gasteiger partial charge in [0.05, 0.1) is 5.69 Å². The fourth-order valence-electron chi connectivity index (χ4n) is 3.72. The maximum atomic E-state index is 12.9. The molecule has 1 aromatic carbocycles. The van der Waals surface area contributed by atoms with Crippen molar-refractivity contribution in [3.8, 4) is 0 Å². The summed E-state index contributed by atoms with van der Waals surface area (Å²) in [7, 11) is -3.45. The first-order chi connectivity index (χ1) is 9.60.